The van der Waals surface area contributed by atoms with Gasteiger partial charge in [-0.2, -0.15) is 0 Å². The smallest absolute Gasteiger partial charge is 0.246 e. The van der Waals surface area contributed by atoms with Gasteiger partial charge in [-0.15, -0.1) is 0 Å². The van der Waals surface area contributed by atoms with Gasteiger partial charge in [0.25, 0.3) is 0 Å². The summed E-state index contributed by atoms with van der Waals surface area (Å²) in [7, 11) is 0. The Morgan fingerprint density at radius 2 is 1.78 bits per heavy atom. The molecule has 254 valence electrons. The number of likely N-dealkylation sites (tertiary alicyclic amines) is 1. The lowest BCUT2D eigenvalue weighted by molar-refractivity contribution is -0.160. The van der Waals surface area contributed by atoms with Crippen molar-refractivity contribution in [1.29, 1.82) is 0 Å². The van der Waals surface area contributed by atoms with E-state index in [1.54, 1.807) is 0 Å². The zero-order chi connectivity index (χ0) is 32.9. The minimum atomic E-state index is -0.580. The molecule has 11 heteroatoms. The molecule has 9 rings (SSSR count). The number of hydrogen-bond acceptors (Lipinski definition) is 8. The highest BCUT2D eigenvalue weighted by Gasteiger charge is 2.50. The van der Waals surface area contributed by atoms with E-state index >= 15 is 0 Å². The van der Waals surface area contributed by atoms with Crippen LogP contribution in [0.1, 0.15) is 34.8 Å². The van der Waals surface area contributed by atoms with Gasteiger partial charge in [0.05, 0.1) is 19.3 Å². The molecular weight excluding hydrogens is 622 g/mol. The van der Waals surface area contributed by atoms with Crippen molar-refractivity contribution in [2.75, 3.05) is 65.9 Å². The van der Waals surface area contributed by atoms with Gasteiger partial charge < -0.3 is 33.7 Å². The number of nitrogens with one attached hydrogen (secondary N) is 1. The summed E-state index contributed by atoms with van der Waals surface area (Å²) < 4.78 is 22.8. The molecule has 49 heavy (non-hydrogen) atoms. The molecule has 0 radical (unpaired) electrons. The highest BCUT2D eigenvalue weighted by atomic mass is 16.7. The predicted molar refractivity (Wildman–Crippen MR) is 182 cm³/mol. The molecule has 5 aliphatic rings. The van der Waals surface area contributed by atoms with Crippen LogP contribution in [0.15, 0.2) is 66.7 Å². The summed E-state index contributed by atoms with van der Waals surface area (Å²) in [6.45, 7) is 7.64. The minimum Gasteiger partial charge on any atom is -0.492 e. The van der Waals surface area contributed by atoms with Crippen LogP contribution in [-0.4, -0.2) is 114 Å². The Morgan fingerprint density at radius 1 is 0.898 bits per heavy atom. The Balaban J connectivity index is 0.914. The first-order valence-corrected chi connectivity index (χ1v) is 17.4. The molecule has 3 saturated heterocycles. The summed E-state index contributed by atoms with van der Waals surface area (Å²) in [5, 5.41) is 1.10. The van der Waals surface area contributed by atoms with Gasteiger partial charge in [-0.1, -0.05) is 36.4 Å². The van der Waals surface area contributed by atoms with E-state index in [1.165, 1.54) is 5.56 Å². The zero-order valence-corrected chi connectivity index (χ0v) is 27.5. The fraction of sp³-hybridized carbons (Fsp3) is 0.421. The van der Waals surface area contributed by atoms with Gasteiger partial charge in [0.15, 0.2) is 11.5 Å². The molecule has 0 unspecified atom stereocenters. The monoisotopic (exact) mass is 663 g/mol. The number of hydrogen-bond donors (Lipinski definition) is 1. The molecule has 0 saturated carbocycles. The summed E-state index contributed by atoms with van der Waals surface area (Å²) >= 11 is 0. The third-order valence-electron chi connectivity index (χ3n) is 10.8. The third-order valence-corrected chi connectivity index (χ3v) is 10.8. The van der Waals surface area contributed by atoms with Crippen LogP contribution in [0.4, 0.5) is 0 Å². The summed E-state index contributed by atoms with van der Waals surface area (Å²) in [4.78, 5) is 40.7. The normalized spacial score (nSPS) is 24.0. The number of aromatic amines is 1. The van der Waals surface area contributed by atoms with Crippen LogP contribution in [0.5, 0.6) is 17.2 Å². The second kappa shape index (κ2) is 12.7. The zero-order valence-electron chi connectivity index (χ0n) is 27.5. The number of rotatable bonds is 8. The Morgan fingerprint density at radius 3 is 2.69 bits per heavy atom. The van der Waals surface area contributed by atoms with Gasteiger partial charge in [0.2, 0.25) is 18.6 Å². The number of amides is 2. The quantitative estimate of drug-likeness (QED) is 0.306. The number of H-pyrrole nitrogens is 1. The highest BCUT2D eigenvalue weighted by molar-refractivity contribution is 5.98. The van der Waals surface area contributed by atoms with E-state index in [0.717, 1.165) is 92.4 Å². The van der Waals surface area contributed by atoms with Gasteiger partial charge in [0, 0.05) is 68.3 Å². The van der Waals surface area contributed by atoms with Crippen molar-refractivity contribution in [1.82, 2.24) is 24.6 Å². The summed E-state index contributed by atoms with van der Waals surface area (Å²) in [6, 6.07) is 21.3. The fourth-order valence-corrected chi connectivity index (χ4v) is 8.34. The first-order chi connectivity index (χ1) is 24.1. The SMILES string of the molecule is O=C1[C@H]2Cc3c([nH]c4ccccc34)[C@@H](c3ccc4c(c3)OCO4)N2C(=O)CN1[C@H]1CCN(Cc2cccc(OCCN3CCOCC3)c2)C1. The Kier molecular flexibility index (Phi) is 7.90. The van der Waals surface area contributed by atoms with Crippen molar-refractivity contribution in [3.05, 3.63) is 89.1 Å². The van der Waals surface area contributed by atoms with Crippen molar-refractivity contribution < 1.29 is 28.5 Å². The van der Waals surface area contributed by atoms with Gasteiger partial charge in [-0.25, -0.2) is 0 Å². The van der Waals surface area contributed by atoms with Crippen molar-refractivity contribution in [3.8, 4) is 17.2 Å². The van der Waals surface area contributed by atoms with Crippen LogP contribution in [-0.2, 0) is 27.3 Å². The number of ether oxygens (including phenoxy) is 4. The summed E-state index contributed by atoms with van der Waals surface area (Å²) in [5.74, 6) is 2.23. The van der Waals surface area contributed by atoms with Crippen molar-refractivity contribution >= 4 is 22.7 Å². The molecule has 3 fully saturated rings. The highest BCUT2D eigenvalue weighted by Crippen LogP contribution is 2.45. The Hall–Kier alpha value is -4.58. The van der Waals surface area contributed by atoms with Gasteiger partial charge in [-0.3, -0.25) is 19.4 Å². The number of aromatic nitrogens is 1. The van der Waals surface area contributed by atoms with Crippen molar-refractivity contribution in [2.45, 2.75) is 37.5 Å². The lowest BCUT2D eigenvalue weighted by atomic mass is 9.85. The van der Waals surface area contributed by atoms with E-state index in [-0.39, 0.29) is 31.2 Å². The van der Waals surface area contributed by atoms with E-state index in [9.17, 15) is 9.59 Å². The van der Waals surface area contributed by atoms with Crippen LogP contribution < -0.4 is 14.2 Å². The molecule has 1 aromatic heterocycles. The van der Waals surface area contributed by atoms with E-state index < -0.39 is 12.1 Å². The number of fused-ring (bicyclic) bond motifs is 5. The third kappa shape index (κ3) is 5.69. The molecule has 1 N–H and O–H groups in total. The predicted octanol–water partition coefficient (Wildman–Crippen LogP) is 3.57. The number of piperazine rings is 1. The summed E-state index contributed by atoms with van der Waals surface area (Å²) in [5.41, 5.74) is 5.15. The van der Waals surface area contributed by atoms with Crippen LogP contribution in [0.3, 0.4) is 0 Å². The van der Waals surface area contributed by atoms with E-state index in [4.69, 9.17) is 18.9 Å². The minimum absolute atomic E-state index is 0.0140. The van der Waals surface area contributed by atoms with Crippen LogP contribution >= 0.6 is 0 Å². The number of para-hydroxylation sites is 1. The van der Waals surface area contributed by atoms with E-state index in [2.05, 4.69) is 39.0 Å². The van der Waals surface area contributed by atoms with Crippen LogP contribution in [0.25, 0.3) is 10.9 Å². The molecule has 3 aromatic carbocycles. The second-order valence-electron chi connectivity index (χ2n) is 13.7. The lowest BCUT2D eigenvalue weighted by Crippen LogP contribution is -2.65. The number of carbonyl (C=O) groups is 2. The maximum Gasteiger partial charge on any atom is 0.246 e. The first kappa shape index (κ1) is 30.5. The molecule has 0 aliphatic carbocycles. The van der Waals surface area contributed by atoms with Gasteiger partial charge in [0.1, 0.15) is 24.9 Å². The topological polar surface area (TPSA) is 99.8 Å². The van der Waals surface area contributed by atoms with E-state index in [1.807, 2.05) is 52.3 Å². The average molecular weight is 664 g/mol. The Bertz CT molecular complexity index is 1890. The molecule has 6 heterocycles. The van der Waals surface area contributed by atoms with Crippen LogP contribution in [0, 0.1) is 0 Å². The number of nitrogens with zero attached hydrogens (tertiary/aromatic N) is 4. The number of morpholine rings is 1. The van der Waals surface area contributed by atoms with Gasteiger partial charge >= 0.3 is 0 Å². The van der Waals surface area contributed by atoms with Gasteiger partial charge in [-0.05, 0) is 53.4 Å². The van der Waals surface area contributed by atoms with Crippen molar-refractivity contribution in [2.24, 2.45) is 0 Å². The standard InChI is InChI=1S/C38H41N5O6/c44-35-23-42(27-10-11-41(22-27)21-25-4-3-5-28(18-25)47-17-14-40-12-15-46-16-13-40)38(45)32-20-30-29-6-1-2-7-31(29)39-36(30)37(43(32)35)26-8-9-33-34(19-26)49-24-48-33/h1-9,18-19,27,32,37,39H,10-17,20-24H2/t27-,32+,37+/m0/s1. The fourth-order valence-electron chi connectivity index (χ4n) is 8.34. The summed E-state index contributed by atoms with van der Waals surface area (Å²) in [6.07, 6.45) is 1.32. The molecule has 5 aliphatic heterocycles. The van der Waals surface area contributed by atoms with Crippen LogP contribution in [0.2, 0.25) is 0 Å². The Labute approximate surface area is 285 Å². The largest absolute Gasteiger partial charge is 0.492 e. The number of carbonyl (C=O) groups excluding carboxylic acids is 2. The first-order valence-electron chi connectivity index (χ1n) is 17.4. The average Bonchev–Trinajstić information content (AvgIpc) is 3.88. The molecule has 2 amide bonds. The van der Waals surface area contributed by atoms with E-state index in [0.29, 0.717) is 24.5 Å². The maximum atomic E-state index is 14.5. The van der Waals surface area contributed by atoms with Crippen molar-refractivity contribution in [3.63, 3.8) is 0 Å². The molecule has 11 nitrogen and oxygen atoms in total. The maximum absolute atomic E-state index is 14.5. The molecule has 3 atom stereocenters. The molecule has 0 spiro atoms. The molecular formula is C38H41N5O6. The lowest BCUT2D eigenvalue weighted by Gasteiger charge is -2.48. The number of benzene rings is 3. The second-order valence-corrected chi connectivity index (χ2v) is 13.7. The molecule has 4 aromatic rings. The molecule has 0 bridgehead atoms.